The number of nitrogens with one attached hydrogen (secondary N) is 1. The molecular formula is C15H18N2O2. The van der Waals surface area contributed by atoms with Crippen LogP contribution < -0.4 is 5.32 Å². The Hall–Kier alpha value is -1.84. The van der Waals surface area contributed by atoms with Gasteiger partial charge in [0.1, 0.15) is 0 Å². The van der Waals surface area contributed by atoms with Gasteiger partial charge in [0.05, 0.1) is 6.42 Å². The van der Waals surface area contributed by atoms with Crippen molar-refractivity contribution in [1.82, 2.24) is 4.90 Å². The zero-order valence-corrected chi connectivity index (χ0v) is 11.3. The zero-order chi connectivity index (χ0) is 13.6. The van der Waals surface area contributed by atoms with Crippen LogP contribution in [0.3, 0.4) is 0 Å². The highest BCUT2D eigenvalue weighted by atomic mass is 16.2. The Bertz CT molecular complexity index is 563. The summed E-state index contributed by atoms with van der Waals surface area (Å²) < 4.78 is 0. The van der Waals surface area contributed by atoms with Crippen LogP contribution in [0.1, 0.15) is 36.2 Å². The lowest BCUT2D eigenvalue weighted by Gasteiger charge is -2.20. The van der Waals surface area contributed by atoms with E-state index in [1.54, 1.807) is 6.07 Å². The van der Waals surface area contributed by atoms with E-state index in [0.29, 0.717) is 12.0 Å². The van der Waals surface area contributed by atoms with E-state index in [-0.39, 0.29) is 17.2 Å². The molecule has 3 rings (SSSR count). The molecule has 100 valence electrons. The lowest BCUT2D eigenvalue weighted by Crippen LogP contribution is -2.30. The van der Waals surface area contributed by atoms with Crippen LogP contribution in [0.4, 0.5) is 5.69 Å². The second-order valence-corrected chi connectivity index (χ2v) is 6.24. The second-order valence-electron chi connectivity index (χ2n) is 6.24. The summed E-state index contributed by atoms with van der Waals surface area (Å²) >= 11 is 0. The summed E-state index contributed by atoms with van der Waals surface area (Å²) in [6.07, 6.45) is 1.46. The number of amides is 2. The number of fused-ring (bicyclic) bond motifs is 1. The van der Waals surface area contributed by atoms with Gasteiger partial charge in [-0.2, -0.15) is 0 Å². The van der Waals surface area contributed by atoms with Gasteiger partial charge < -0.3 is 10.2 Å². The third kappa shape index (κ3) is 2.23. The van der Waals surface area contributed by atoms with Crippen LogP contribution in [-0.4, -0.2) is 29.8 Å². The molecule has 0 spiro atoms. The second kappa shape index (κ2) is 4.08. The fraction of sp³-hybridized carbons (Fsp3) is 0.467. The van der Waals surface area contributed by atoms with Crippen molar-refractivity contribution in [3.05, 3.63) is 29.3 Å². The number of hydrogen-bond donors (Lipinski definition) is 1. The van der Waals surface area contributed by atoms with Crippen LogP contribution in [0.2, 0.25) is 0 Å². The van der Waals surface area contributed by atoms with Crippen LogP contribution >= 0.6 is 0 Å². The number of rotatable bonds is 1. The molecule has 4 heteroatoms. The molecule has 2 aliphatic rings. The van der Waals surface area contributed by atoms with Crippen molar-refractivity contribution in [1.29, 1.82) is 0 Å². The van der Waals surface area contributed by atoms with E-state index in [2.05, 4.69) is 19.2 Å². The van der Waals surface area contributed by atoms with Crippen molar-refractivity contribution in [3.63, 3.8) is 0 Å². The largest absolute Gasteiger partial charge is 0.338 e. The van der Waals surface area contributed by atoms with E-state index in [0.717, 1.165) is 30.8 Å². The highest BCUT2D eigenvalue weighted by Gasteiger charge is 2.32. The molecule has 1 fully saturated rings. The van der Waals surface area contributed by atoms with Crippen LogP contribution in [0.15, 0.2) is 18.2 Å². The van der Waals surface area contributed by atoms with Crippen LogP contribution in [-0.2, 0) is 11.2 Å². The van der Waals surface area contributed by atoms with Gasteiger partial charge in [-0.25, -0.2) is 0 Å². The summed E-state index contributed by atoms with van der Waals surface area (Å²) in [5, 5.41) is 2.79. The lowest BCUT2D eigenvalue weighted by atomic mass is 9.93. The van der Waals surface area contributed by atoms with Crippen molar-refractivity contribution < 1.29 is 9.59 Å². The molecular weight excluding hydrogens is 240 g/mol. The van der Waals surface area contributed by atoms with Crippen molar-refractivity contribution in [3.8, 4) is 0 Å². The summed E-state index contributed by atoms with van der Waals surface area (Å²) in [7, 11) is 0. The first-order chi connectivity index (χ1) is 8.94. The standard InChI is InChI=1S/C15H18N2O2/c1-15(2)5-6-17(9-15)14(19)11-4-3-10-8-13(18)16-12(10)7-11/h3-4,7H,5-6,8-9H2,1-2H3,(H,16,18). The Kier molecular flexibility index (Phi) is 2.62. The molecule has 0 saturated carbocycles. The van der Waals surface area contributed by atoms with Gasteiger partial charge in [0.25, 0.3) is 5.91 Å². The van der Waals surface area contributed by atoms with Crippen molar-refractivity contribution in [2.24, 2.45) is 5.41 Å². The molecule has 1 N–H and O–H groups in total. The molecule has 19 heavy (non-hydrogen) atoms. The Balaban J connectivity index is 1.82. The summed E-state index contributed by atoms with van der Waals surface area (Å²) in [6, 6.07) is 5.50. The molecule has 1 aromatic carbocycles. The van der Waals surface area contributed by atoms with Crippen LogP contribution in [0.5, 0.6) is 0 Å². The summed E-state index contributed by atoms with van der Waals surface area (Å²) in [4.78, 5) is 25.6. The first-order valence-corrected chi connectivity index (χ1v) is 6.67. The average molecular weight is 258 g/mol. The summed E-state index contributed by atoms with van der Waals surface area (Å²) in [5.74, 6) is 0.0661. The van der Waals surface area contributed by atoms with Gasteiger partial charge in [0, 0.05) is 24.3 Å². The topological polar surface area (TPSA) is 49.4 Å². The van der Waals surface area contributed by atoms with Gasteiger partial charge >= 0.3 is 0 Å². The van der Waals surface area contributed by atoms with E-state index in [4.69, 9.17) is 0 Å². The van der Waals surface area contributed by atoms with E-state index >= 15 is 0 Å². The molecule has 0 radical (unpaired) electrons. The minimum Gasteiger partial charge on any atom is -0.338 e. The molecule has 1 saturated heterocycles. The van der Waals surface area contributed by atoms with E-state index < -0.39 is 0 Å². The van der Waals surface area contributed by atoms with Crippen molar-refractivity contribution in [2.45, 2.75) is 26.7 Å². The summed E-state index contributed by atoms with van der Waals surface area (Å²) in [5.41, 5.74) is 2.64. The monoisotopic (exact) mass is 258 g/mol. The van der Waals surface area contributed by atoms with Gasteiger partial charge in [-0.15, -0.1) is 0 Å². The maximum atomic E-state index is 12.4. The van der Waals surface area contributed by atoms with E-state index in [1.165, 1.54) is 0 Å². The zero-order valence-electron chi connectivity index (χ0n) is 11.3. The number of hydrogen-bond acceptors (Lipinski definition) is 2. The molecule has 2 aliphatic heterocycles. The lowest BCUT2D eigenvalue weighted by molar-refractivity contribution is -0.115. The molecule has 0 aliphatic carbocycles. The van der Waals surface area contributed by atoms with Gasteiger partial charge in [-0.1, -0.05) is 19.9 Å². The number of likely N-dealkylation sites (tertiary alicyclic amines) is 1. The first kappa shape index (κ1) is 12.2. The van der Waals surface area contributed by atoms with Crippen LogP contribution in [0, 0.1) is 5.41 Å². The molecule has 0 aromatic heterocycles. The highest BCUT2D eigenvalue weighted by Crippen LogP contribution is 2.31. The quantitative estimate of drug-likeness (QED) is 0.838. The molecule has 2 amide bonds. The number of benzene rings is 1. The molecule has 4 nitrogen and oxygen atoms in total. The average Bonchev–Trinajstić information content (AvgIpc) is 2.88. The maximum Gasteiger partial charge on any atom is 0.253 e. The van der Waals surface area contributed by atoms with Gasteiger partial charge in [0.15, 0.2) is 0 Å². The Labute approximate surface area is 112 Å². The number of nitrogens with zero attached hydrogens (tertiary/aromatic N) is 1. The van der Waals surface area contributed by atoms with E-state index in [1.807, 2.05) is 17.0 Å². The Morgan fingerprint density at radius 1 is 1.37 bits per heavy atom. The van der Waals surface area contributed by atoms with Gasteiger partial charge in [0.2, 0.25) is 5.91 Å². The molecule has 0 bridgehead atoms. The molecule has 0 unspecified atom stereocenters. The Morgan fingerprint density at radius 2 is 2.16 bits per heavy atom. The Morgan fingerprint density at radius 3 is 2.84 bits per heavy atom. The molecule has 0 atom stereocenters. The first-order valence-electron chi connectivity index (χ1n) is 6.67. The van der Waals surface area contributed by atoms with Crippen molar-refractivity contribution in [2.75, 3.05) is 18.4 Å². The highest BCUT2D eigenvalue weighted by molar-refractivity contribution is 6.02. The predicted octanol–water partition coefficient (Wildman–Crippen LogP) is 2.05. The van der Waals surface area contributed by atoms with Crippen molar-refractivity contribution >= 4 is 17.5 Å². The third-order valence-corrected chi connectivity index (χ3v) is 3.95. The summed E-state index contributed by atoms with van der Waals surface area (Å²) in [6.45, 7) is 5.98. The third-order valence-electron chi connectivity index (χ3n) is 3.95. The minimum absolute atomic E-state index is 0.00176. The number of carbonyl (C=O) groups is 2. The normalized spacial score (nSPS) is 20.3. The maximum absolute atomic E-state index is 12.4. The van der Waals surface area contributed by atoms with Gasteiger partial charge in [-0.05, 0) is 29.5 Å². The molecule has 2 heterocycles. The fourth-order valence-corrected chi connectivity index (χ4v) is 2.82. The molecule has 1 aromatic rings. The van der Waals surface area contributed by atoms with Gasteiger partial charge in [-0.3, -0.25) is 9.59 Å². The SMILES string of the molecule is CC1(C)CCN(C(=O)c2ccc3c(c2)NC(=O)C3)C1. The minimum atomic E-state index is 0.00176. The smallest absolute Gasteiger partial charge is 0.253 e. The van der Waals surface area contributed by atoms with E-state index in [9.17, 15) is 9.59 Å². The predicted molar refractivity (Wildman–Crippen MR) is 73.1 cm³/mol. The van der Waals surface area contributed by atoms with Crippen LogP contribution in [0.25, 0.3) is 0 Å². The number of carbonyl (C=O) groups excluding carboxylic acids is 2. The fourth-order valence-electron chi connectivity index (χ4n) is 2.82. The number of anilines is 1.